The fourth-order valence-electron chi connectivity index (χ4n) is 2.10. The molecule has 2 N–H and O–H groups in total. The number of methoxy groups -OCH3 is 1. The van der Waals surface area contributed by atoms with Crippen molar-refractivity contribution in [3.8, 4) is 17.4 Å². The van der Waals surface area contributed by atoms with E-state index in [0.29, 0.717) is 17.4 Å². The van der Waals surface area contributed by atoms with Crippen molar-refractivity contribution >= 4 is 16.5 Å². The molecule has 20 heavy (non-hydrogen) atoms. The van der Waals surface area contributed by atoms with Crippen LogP contribution in [0.4, 0.5) is 5.69 Å². The Kier molecular flexibility index (Phi) is 3.13. The number of aromatic nitrogens is 1. The van der Waals surface area contributed by atoms with Crippen molar-refractivity contribution in [3.05, 3.63) is 54.7 Å². The zero-order valence-electron chi connectivity index (χ0n) is 11.0. The normalized spacial score (nSPS) is 10.4. The molecule has 1 aromatic heterocycles. The Morgan fingerprint density at radius 2 is 1.70 bits per heavy atom. The molecule has 0 aliphatic rings. The number of nitrogens with zero attached hydrogens (tertiary/aromatic N) is 1. The van der Waals surface area contributed by atoms with Crippen molar-refractivity contribution in [1.29, 1.82) is 0 Å². The van der Waals surface area contributed by atoms with Gasteiger partial charge in [0.05, 0.1) is 7.11 Å². The van der Waals surface area contributed by atoms with Gasteiger partial charge in [-0.1, -0.05) is 24.3 Å². The van der Waals surface area contributed by atoms with Crippen molar-refractivity contribution in [2.45, 2.75) is 0 Å². The second-order valence-electron chi connectivity index (χ2n) is 4.31. The summed E-state index contributed by atoms with van der Waals surface area (Å²) in [5, 5.41) is 1.90. The third kappa shape index (κ3) is 2.12. The summed E-state index contributed by atoms with van der Waals surface area (Å²) in [6, 6.07) is 15.1. The molecule has 0 saturated heterocycles. The minimum atomic E-state index is 0.435. The SMILES string of the molecule is COc1cccnc1Oc1ccc(N)c2ccccc12. The van der Waals surface area contributed by atoms with Crippen LogP contribution in [0.5, 0.6) is 17.4 Å². The summed E-state index contributed by atoms with van der Waals surface area (Å²) >= 11 is 0. The van der Waals surface area contributed by atoms with Crippen LogP contribution < -0.4 is 15.2 Å². The number of nitrogens with two attached hydrogens (primary N) is 1. The zero-order valence-corrected chi connectivity index (χ0v) is 11.0. The number of hydrogen-bond donors (Lipinski definition) is 1. The smallest absolute Gasteiger partial charge is 0.262 e. The molecule has 1 heterocycles. The molecule has 0 radical (unpaired) electrons. The summed E-state index contributed by atoms with van der Waals surface area (Å²) in [7, 11) is 1.59. The first-order valence-corrected chi connectivity index (χ1v) is 6.23. The van der Waals surface area contributed by atoms with Crippen LogP contribution in [-0.4, -0.2) is 12.1 Å². The second kappa shape index (κ2) is 5.09. The summed E-state index contributed by atoms with van der Waals surface area (Å²) in [4.78, 5) is 4.20. The predicted octanol–water partition coefficient (Wildman–Crippen LogP) is 3.62. The van der Waals surface area contributed by atoms with E-state index in [1.807, 2.05) is 42.5 Å². The summed E-state index contributed by atoms with van der Waals surface area (Å²) in [5.74, 6) is 1.73. The monoisotopic (exact) mass is 266 g/mol. The third-order valence-corrected chi connectivity index (χ3v) is 3.08. The standard InChI is InChI=1S/C16H14N2O2/c1-19-15-7-4-10-18-16(15)20-14-9-8-13(17)11-5-2-3-6-12(11)14/h2-10H,17H2,1H3. The number of ether oxygens (including phenoxy) is 2. The lowest BCUT2D eigenvalue weighted by Gasteiger charge is -2.11. The molecule has 0 bridgehead atoms. The third-order valence-electron chi connectivity index (χ3n) is 3.08. The van der Waals surface area contributed by atoms with Crippen LogP contribution in [0.25, 0.3) is 10.8 Å². The molecule has 0 aliphatic carbocycles. The van der Waals surface area contributed by atoms with Gasteiger partial charge in [0.2, 0.25) is 0 Å². The first kappa shape index (κ1) is 12.3. The molecule has 100 valence electrons. The van der Waals surface area contributed by atoms with Gasteiger partial charge >= 0.3 is 0 Å². The average Bonchev–Trinajstić information content (AvgIpc) is 2.51. The Labute approximate surface area is 116 Å². The minimum Gasteiger partial charge on any atom is -0.491 e. The highest BCUT2D eigenvalue weighted by Gasteiger charge is 2.10. The Bertz CT molecular complexity index is 756. The maximum atomic E-state index is 5.98. The van der Waals surface area contributed by atoms with Crippen molar-refractivity contribution in [2.24, 2.45) is 0 Å². The van der Waals surface area contributed by atoms with E-state index >= 15 is 0 Å². The van der Waals surface area contributed by atoms with Crippen molar-refractivity contribution < 1.29 is 9.47 Å². The highest BCUT2D eigenvalue weighted by Crippen LogP contribution is 2.35. The van der Waals surface area contributed by atoms with Gasteiger partial charge in [0.25, 0.3) is 5.88 Å². The van der Waals surface area contributed by atoms with Crippen molar-refractivity contribution in [2.75, 3.05) is 12.8 Å². The number of fused-ring (bicyclic) bond motifs is 1. The van der Waals surface area contributed by atoms with Crippen molar-refractivity contribution in [1.82, 2.24) is 4.98 Å². The molecule has 4 nitrogen and oxygen atoms in total. The summed E-state index contributed by atoms with van der Waals surface area (Å²) in [5.41, 5.74) is 6.70. The predicted molar refractivity (Wildman–Crippen MR) is 79.2 cm³/mol. The molecule has 0 unspecified atom stereocenters. The Morgan fingerprint density at radius 3 is 2.50 bits per heavy atom. The molecule has 0 amide bonds. The highest BCUT2D eigenvalue weighted by molar-refractivity contribution is 5.97. The van der Waals surface area contributed by atoms with Gasteiger partial charge in [0.15, 0.2) is 5.75 Å². The first-order valence-electron chi connectivity index (χ1n) is 6.23. The van der Waals surface area contributed by atoms with Crippen LogP contribution in [-0.2, 0) is 0 Å². The lowest BCUT2D eigenvalue weighted by atomic mass is 10.1. The van der Waals surface area contributed by atoms with E-state index < -0.39 is 0 Å². The van der Waals surface area contributed by atoms with E-state index in [4.69, 9.17) is 15.2 Å². The maximum Gasteiger partial charge on any atom is 0.262 e. The summed E-state index contributed by atoms with van der Waals surface area (Å²) in [6.07, 6.45) is 1.66. The molecule has 0 spiro atoms. The van der Waals surface area contributed by atoms with E-state index in [0.717, 1.165) is 16.5 Å². The van der Waals surface area contributed by atoms with Gasteiger partial charge in [-0.3, -0.25) is 0 Å². The van der Waals surface area contributed by atoms with Crippen LogP contribution in [0.1, 0.15) is 0 Å². The van der Waals surface area contributed by atoms with E-state index in [-0.39, 0.29) is 0 Å². The van der Waals surface area contributed by atoms with E-state index in [9.17, 15) is 0 Å². The van der Waals surface area contributed by atoms with Gasteiger partial charge < -0.3 is 15.2 Å². The van der Waals surface area contributed by atoms with E-state index in [2.05, 4.69) is 4.98 Å². The molecule has 3 aromatic rings. The number of anilines is 1. The molecular formula is C16H14N2O2. The topological polar surface area (TPSA) is 57.4 Å². The quantitative estimate of drug-likeness (QED) is 0.736. The molecule has 0 fully saturated rings. The van der Waals surface area contributed by atoms with Crippen LogP contribution in [0.2, 0.25) is 0 Å². The van der Waals surface area contributed by atoms with Crippen LogP contribution in [0.15, 0.2) is 54.7 Å². The summed E-state index contributed by atoms with van der Waals surface area (Å²) in [6.45, 7) is 0. The maximum absolute atomic E-state index is 5.98. The molecule has 0 aliphatic heterocycles. The lowest BCUT2D eigenvalue weighted by molar-refractivity contribution is 0.371. The van der Waals surface area contributed by atoms with Gasteiger partial charge in [-0.15, -0.1) is 0 Å². The Morgan fingerprint density at radius 1 is 0.900 bits per heavy atom. The first-order chi connectivity index (χ1) is 9.79. The largest absolute Gasteiger partial charge is 0.491 e. The average molecular weight is 266 g/mol. The van der Waals surface area contributed by atoms with E-state index in [1.54, 1.807) is 19.4 Å². The Balaban J connectivity index is 2.09. The highest BCUT2D eigenvalue weighted by atomic mass is 16.5. The van der Waals surface area contributed by atoms with E-state index in [1.165, 1.54) is 0 Å². The minimum absolute atomic E-state index is 0.435. The number of pyridine rings is 1. The molecule has 4 heteroatoms. The van der Waals surface area contributed by atoms with Gasteiger partial charge in [-0.25, -0.2) is 4.98 Å². The van der Waals surface area contributed by atoms with Crippen LogP contribution >= 0.6 is 0 Å². The molecule has 3 rings (SSSR count). The van der Waals surface area contributed by atoms with Gasteiger partial charge in [-0.05, 0) is 24.3 Å². The van der Waals surface area contributed by atoms with Crippen LogP contribution in [0.3, 0.4) is 0 Å². The second-order valence-corrected chi connectivity index (χ2v) is 4.31. The number of benzene rings is 2. The van der Waals surface area contributed by atoms with Gasteiger partial charge in [0.1, 0.15) is 5.75 Å². The number of nitrogen functional groups attached to an aromatic ring is 1. The lowest BCUT2D eigenvalue weighted by Crippen LogP contribution is -1.94. The molecule has 0 atom stereocenters. The summed E-state index contributed by atoms with van der Waals surface area (Å²) < 4.78 is 11.1. The molecular weight excluding hydrogens is 252 g/mol. The van der Waals surface area contributed by atoms with Gasteiger partial charge in [-0.2, -0.15) is 0 Å². The zero-order chi connectivity index (χ0) is 13.9. The Hall–Kier alpha value is -2.75. The fourth-order valence-corrected chi connectivity index (χ4v) is 2.10. The number of hydrogen-bond acceptors (Lipinski definition) is 4. The van der Waals surface area contributed by atoms with Gasteiger partial charge in [0, 0.05) is 22.7 Å². The fraction of sp³-hybridized carbons (Fsp3) is 0.0625. The number of rotatable bonds is 3. The van der Waals surface area contributed by atoms with Crippen LogP contribution in [0, 0.1) is 0 Å². The van der Waals surface area contributed by atoms with Crippen molar-refractivity contribution in [3.63, 3.8) is 0 Å². The molecule has 2 aromatic carbocycles. The molecule has 0 saturated carbocycles.